The van der Waals surface area contributed by atoms with Crippen LogP contribution in [0.2, 0.25) is 0 Å². The van der Waals surface area contributed by atoms with E-state index in [1.54, 1.807) is 4.68 Å². The molecule has 1 aromatic carbocycles. The molecular formula is C20H26N6O4. The van der Waals surface area contributed by atoms with Crippen LogP contribution in [0.1, 0.15) is 38.1 Å². The van der Waals surface area contributed by atoms with Crippen LogP contribution in [-0.4, -0.2) is 63.7 Å². The number of fused-ring (bicyclic) bond motifs is 1. The fourth-order valence-corrected chi connectivity index (χ4v) is 4.51. The maximum Gasteiger partial charge on any atom is 0.341 e. The van der Waals surface area contributed by atoms with Crippen LogP contribution >= 0.6 is 0 Å². The van der Waals surface area contributed by atoms with Crippen molar-refractivity contribution in [1.82, 2.24) is 30.8 Å². The fourth-order valence-electron chi connectivity index (χ4n) is 4.51. The molecule has 2 aliphatic heterocycles. The van der Waals surface area contributed by atoms with Gasteiger partial charge in [0.15, 0.2) is 0 Å². The smallest absolute Gasteiger partial charge is 0.341 e. The van der Waals surface area contributed by atoms with Crippen LogP contribution in [0.15, 0.2) is 30.3 Å². The average molecular weight is 414 g/mol. The van der Waals surface area contributed by atoms with E-state index >= 15 is 0 Å². The van der Waals surface area contributed by atoms with Gasteiger partial charge >= 0.3 is 12.0 Å². The average Bonchev–Trinajstić information content (AvgIpc) is 3.47. The zero-order chi connectivity index (χ0) is 20.3. The molecule has 1 aliphatic carbocycles. The summed E-state index contributed by atoms with van der Waals surface area (Å²) in [4.78, 5) is 12.4. The maximum absolute atomic E-state index is 12.4. The van der Waals surface area contributed by atoms with Crippen molar-refractivity contribution < 1.29 is 19.0 Å². The van der Waals surface area contributed by atoms with Gasteiger partial charge in [-0.25, -0.2) is 4.79 Å². The first kappa shape index (κ1) is 19.3. The number of ether oxygens (including phenoxy) is 3. The van der Waals surface area contributed by atoms with Crippen LogP contribution in [0.5, 0.6) is 11.8 Å². The molecule has 3 aliphatic rings. The fraction of sp³-hybridized carbons (Fsp3) is 0.600. The molecule has 3 fully saturated rings. The number of urea groups is 1. The Morgan fingerprint density at radius 3 is 2.67 bits per heavy atom. The molecule has 0 spiro atoms. The lowest BCUT2D eigenvalue weighted by Crippen LogP contribution is -2.50. The van der Waals surface area contributed by atoms with Gasteiger partial charge in [-0.1, -0.05) is 42.6 Å². The summed E-state index contributed by atoms with van der Waals surface area (Å²) in [7, 11) is 0. The normalized spacial score (nSPS) is 28.8. The van der Waals surface area contributed by atoms with Crippen molar-refractivity contribution >= 4 is 6.03 Å². The van der Waals surface area contributed by atoms with E-state index in [9.17, 15) is 4.79 Å². The van der Waals surface area contributed by atoms with Gasteiger partial charge in [-0.05, 0) is 35.4 Å². The summed E-state index contributed by atoms with van der Waals surface area (Å²) in [5.41, 5.74) is 0. The largest absolute Gasteiger partial charge is 0.423 e. The van der Waals surface area contributed by atoms with E-state index in [4.69, 9.17) is 14.2 Å². The number of nitrogens with zero attached hydrogens (tertiary/aromatic N) is 4. The van der Waals surface area contributed by atoms with E-state index in [0.29, 0.717) is 19.0 Å². The molecule has 5 rings (SSSR count). The number of carbonyl (C=O) groups excluding carboxylic acids is 1. The van der Waals surface area contributed by atoms with Crippen molar-refractivity contribution in [1.29, 1.82) is 0 Å². The minimum absolute atomic E-state index is 0.154. The second-order valence-electron chi connectivity index (χ2n) is 8.04. The lowest BCUT2D eigenvalue weighted by atomic mass is 9.96. The minimum atomic E-state index is -0.258. The number of benzene rings is 1. The number of hydrogen-bond donors (Lipinski definition) is 2. The van der Waals surface area contributed by atoms with Crippen molar-refractivity contribution in [3.8, 4) is 11.8 Å². The molecule has 4 atom stereocenters. The summed E-state index contributed by atoms with van der Waals surface area (Å²) in [5, 5.41) is 17.9. The summed E-state index contributed by atoms with van der Waals surface area (Å²) >= 11 is 0. The van der Waals surface area contributed by atoms with Gasteiger partial charge in [-0.15, -0.1) is 0 Å². The van der Waals surface area contributed by atoms with E-state index in [1.165, 1.54) is 19.3 Å². The van der Waals surface area contributed by atoms with Gasteiger partial charge in [0.05, 0.1) is 19.3 Å². The number of amides is 2. The van der Waals surface area contributed by atoms with Crippen LogP contribution in [-0.2, 0) is 9.47 Å². The van der Waals surface area contributed by atoms with Crippen LogP contribution in [0, 0.1) is 0 Å². The summed E-state index contributed by atoms with van der Waals surface area (Å²) in [5.74, 6) is 0.648. The monoisotopic (exact) mass is 414 g/mol. The van der Waals surface area contributed by atoms with E-state index in [2.05, 4.69) is 26.2 Å². The molecule has 0 radical (unpaired) electrons. The molecular weight excluding hydrogens is 388 g/mol. The number of carbonyl (C=O) groups is 1. The molecule has 1 saturated carbocycles. The molecule has 30 heavy (non-hydrogen) atoms. The highest BCUT2D eigenvalue weighted by Crippen LogP contribution is 2.36. The number of nitrogens with one attached hydrogen (secondary N) is 2. The molecule has 2 amide bonds. The predicted molar refractivity (Wildman–Crippen MR) is 105 cm³/mol. The van der Waals surface area contributed by atoms with Crippen molar-refractivity contribution in [2.45, 2.75) is 62.4 Å². The Morgan fingerprint density at radius 2 is 1.83 bits per heavy atom. The molecule has 2 aromatic rings. The lowest BCUT2D eigenvalue weighted by Gasteiger charge is -2.24. The quantitative estimate of drug-likeness (QED) is 0.767. The third kappa shape index (κ3) is 3.97. The standard InChI is InChI=1S/C20H26N6O4/c27-19(21-13-7-3-1-4-8-13)22-15-11-28-18-16(12-29-17(15)18)26-20(23-24-25-26)30-14-9-5-2-6-10-14/h2,5-6,9-10,13,15-18H,1,3-4,7-8,11-12H2,(H2,21,22,27)/t15-,16-,17+,18+/m0/s1. The van der Waals surface area contributed by atoms with Gasteiger partial charge in [0.2, 0.25) is 0 Å². The Labute approximate surface area is 174 Å². The Kier molecular flexibility index (Phi) is 5.50. The Hall–Kier alpha value is -2.72. The van der Waals surface area contributed by atoms with Gasteiger partial charge in [0, 0.05) is 6.04 Å². The number of para-hydroxylation sites is 1. The van der Waals surface area contributed by atoms with Crippen LogP contribution < -0.4 is 15.4 Å². The summed E-state index contributed by atoms with van der Waals surface area (Å²) in [6.07, 6.45) is 5.18. The zero-order valence-corrected chi connectivity index (χ0v) is 16.6. The summed E-state index contributed by atoms with van der Waals surface area (Å²) in [6.45, 7) is 0.773. The van der Waals surface area contributed by atoms with E-state index in [-0.39, 0.29) is 42.4 Å². The Morgan fingerprint density at radius 1 is 1.03 bits per heavy atom. The molecule has 0 unspecified atom stereocenters. The van der Waals surface area contributed by atoms with Gasteiger partial charge in [0.1, 0.15) is 24.0 Å². The first-order valence-corrected chi connectivity index (χ1v) is 10.6. The van der Waals surface area contributed by atoms with Crippen molar-refractivity contribution in [2.75, 3.05) is 13.2 Å². The third-order valence-electron chi connectivity index (χ3n) is 6.01. The third-order valence-corrected chi connectivity index (χ3v) is 6.01. The molecule has 160 valence electrons. The lowest BCUT2D eigenvalue weighted by molar-refractivity contribution is 0.0613. The molecule has 1 aromatic heterocycles. The highest BCUT2D eigenvalue weighted by molar-refractivity contribution is 5.74. The highest BCUT2D eigenvalue weighted by Gasteiger charge is 2.50. The number of tetrazole rings is 1. The molecule has 0 bridgehead atoms. The summed E-state index contributed by atoms with van der Waals surface area (Å²) < 4.78 is 19.4. The molecule has 10 nitrogen and oxygen atoms in total. The second kappa shape index (κ2) is 8.57. The number of hydrogen-bond acceptors (Lipinski definition) is 7. The topological polar surface area (TPSA) is 112 Å². The minimum Gasteiger partial charge on any atom is -0.423 e. The molecule has 3 heterocycles. The Balaban J connectivity index is 1.21. The molecule has 2 saturated heterocycles. The van der Waals surface area contributed by atoms with Gasteiger partial charge < -0.3 is 24.8 Å². The van der Waals surface area contributed by atoms with Crippen molar-refractivity contribution in [3.63, 3.8) is 0 Å². The van der Waals surface area contributed by atoms with E-state index in [0.717, 1.165) is 12.8 Å². The van der Waals surface area contributed by atoms with Crippen LogP contribution in [0.25, 0.3) is 0 Å². The van der Waals surface area contributed by atoms with E-state index in [1.807, 2.05) is 30.3 Å². The van der Waals surface area contributed by atoms with Crippen molar-refractivity contribution in [3.05, 3.63) is 30.3 Å². The Bertz CT molecular complexity index is 856. The van der Waals surface area contributed by atoms with Crippen LogP contribution in [0.3, 0.4) is 0 Å². The van der Waals surface area contributed by atoms with E-state index < -0.39 is 0 Å². The highest BCUT2D eigenvalue weighted by atomic mass is 16.6. The van der Waals surface area contributed by atoms with Gasteiger partial charge in [-0.3, -0.25) is 0 Å². The maximum atomic E-state index is 12.4. The van der Waals surface area contributed by atoms with Crippen LogP contribution in [0.4, 0.5) is 4.79 Å². The number of aromatic nitrogens is 4. The van der Waals surface area contributed by atoms with Gasteiger partial charge in [-0.2, -0.15) is 4.68 Å². The first-order chi connectivity index (χ1) is 14.8. The SMILES string of the molecule is O=C(NC1CCCCC1)N[C@H]1CO[C@H]2[C@@H]1OC[C@@H]2n1nnnc1Oc1ccccc1. The zero-order valence-electron chi connectivity index (χ0n) is 16.6. The number of rotatable bonds is 5. The van der Waals surface area contributed by atoms with Crippen molar-refractivity contribution in [2.24, 2.45) is 0 Å². The van der Waals surface area contributed by atoms with Gasteiger partial charge in [0.25, 0.3) is 0 Å². The molecule has 2 N–H and O–H groups in total. The second-order valence-corrected chi connectivity index (χ2v) is 8.04. The first-order valence-electron chi connectivity index (χ1n) is 10.6. The molecule has 10 heteroatoms. The predicted octanol–water partition coefficient (Wildman–Crippen LogP) is 1.80. The summed E-state index contributed by atoms with van der Waals surface area (Å²) in [6, 6.07) is 9.30.